The highest BCUT2D eigenvalue weighted by Gasteiger charge is 2.48. The molecule has 0 aromatic heterocycles. The molecule has 5 unspecified atom stereocenters. The molecule has 1 aromatic carbocycles. The maximum atomic E-state index is 5.93. The van der Waals surface area contributed by atoms with Crippen molar-refractivity contribution in [3.8, 4) is 0 Å². The smallest absolute Gasteiger partial charge is 0.0374 e. The Kier molecular flexibility index (Phi) is 4.97. The Labute approximate surface area is 130 Å². The average Bonchev–Trinajstić information content (AvgIpc) is 3.30. The number of benzene rings is 1. The average molecular weight is 309 g/mol. The fourth-order valence-corrected chi connectivity index (χ4v) is 6.73. The third-order valence-electron chi connectivity index (χ3n) is 4.57. The Bertz CT molecular complexity index is 426. The summed E-state index contributed by atoms with van der Waals surface area (Å²) >= 11 is 4.27. The first-order chi connectivity index (χ1) is 9.85. The second kappa shape index (κ2) is 6.73. The number of nitrogens with one attached hydrogen (secondary N) is 1. The normalized spacial score (nSPS) is 34.7. The molecule has 1 heterocycles. The molecule has 0 amide bonds. The van der Waals surface area contributed by atoms with Crippen molar-refractivity contribution in [2.75, 3.05) is 11.5 Å². The molecule has 2 aliphatic rings. The summed E-state index contributed by atoms with van der Waals surface area (Å²) in [5, 5.41) is 1.43. The Morgan fingerprint density at radius 3 is 2.70 bits per heavy atom. The lowest BCUT2D eigenvalue weighted by Gasteiger charge is -2.36. The maximum absolute atomic E-state index is 5.93. The van der Waals surface area contributed by atoms with Crippen LogP contribution in [-0.2, 0) is 0 Å². The van der Waals surface area contributed by atoms with E-state index in [2.05, 4.69) is 66.2 Å². The van der Waals surface area contributed by atoms with Gasteiger partial charge in [-0.3, -0.25) is 11.3 Å². The number of hydrogen-bond acceptors (Lipinski definition) is 4. The van der Waals surface area contributed by atoms with Crippen molar-refractivity contribution in [2.24, 2.45) is 11.8 Å². The number of thioether (sulfide) groups is 2. The van der Waals surface area contributed by atoms with Crippen molar-refractivity contribution in [3.05, 3.63) is 35.9 Å². The molecule has 5 atom stereocenters. The molecule has 1 saturated carbocycles. The number of hydrogen-bond donors (Lipinski definition) is 2. The summed E-state index contributed by atoms with van der Waals surface area (Å²) < 4.78 is 0. The lowest BCUT2D eigenvalue weighted by Crippen LogP contribution is -2.49. The SMILES string of the molecule is CCC1SCCSC1C(NN)C1CC1c1ccccc1. The van der Waals surface area contributed by atoms with Crippen LogP contribution in [0.5, 0.6) is 0 Å². The lowest BCUT2D eigenvalue weighted by molar-refractivity contribution is 0.440. The van der Waals surface area contributed by atoms with Gasteiger partial charge in [0, 0.05) is 28.0 Å². The molecule has 2 fully saturated rings. The molecule has 3 rings (SSSR count). The van der Waals surface area contributed by atoms with E-state index in [9.17, 15) is 0 Å². The van der Waals surface area contributed by atoms with Crippen LogP contribution in [0.15, 0.2) is 30.3 Å². The zero-order valence-electron chi connectivity index (χ0n) is 12.0. The summed E-state index contributed by atoms with van der Waals surface area (Å²) in [4.78, 5) is 0. The topological polar surface area (TPSA) is 38.0 Å². The van der Waals surface area contributed by atoms with E-state index in [1.807, 2.05) is 0 Å². The van der Waals surface area contributed by atoms with E-state index in [-0.39, 0.29) is 0 Å². The molecule has 2 nitrogen and oxygen atoms in total. The first-order valence-electron chi connectivity index (χ1n) is 7.59. The predicted molar refractivity (Wildman–Crippen MR) is 91.2 cm³/mol. The van der Waals surface area contributed by atoms with Gasteiger partial charge in [-0.15, -0.1) is 0 Å². The van der Waals surface area contributed by atoms with Gasteiger partial charge >= 0.3 is 0 Å². The molecule has 20 heavy (non-hydrogen) atoms. The van der Waals surface area contributed by atoms with Gasteiger partial charge in [0.15, 0.2) is 0 Å². The van der Waals surface area contributed by atoms with E-state index < -0.39 is 0 Å². The summed E-state index contributed by atoms with van der Waals surface area (Å²) in [6, 6.07) is 11.4. The fourth-order valence-electron chi connectivity index (χ4n) is 3.43. The number of rotatable bonds is 5. The van der Waals surface area contributed by atoms with E-state index >= 15 is 0 Å². The second-order valence-corrected chi connectivity index (χ2v) is 8.40. The Morgan fingerprint density at radius 2 is 2.00 bits per heavy atom. The Balaban J connectivity index is 1.69. The molecule has 0 bridgehead atoms. The number of nitrogens with two attached hydrogens (primary N) is 1. The van der Waals surface area contributed by atoms with Gasteiger partial charge in [-0.2, -0.15) is 23.5 Å². The molecule has 110 valence electrons. The van der Waals surface area contributed by atoms with Crippen LogP contribution in [0.4, 0.5) is 0 Å². The third-order valence-corrected chi connectivity index (χ3v) is 7.94. The van der Waals surface area contributed by atoms with E-state index in [0.717, 1.165) is 5.25 Å². The summed E-state index contributed by atoms with van der Waals surface area (Å²) in [7, 11) is 0. The molecule has 0 radical (unpaired) electrons. The summed E-state index contributed by atoms with van der Waals surface area (Å²) in [6.07, 6.45) is 2.54. The molecule has 0 spiro atoms. The third kappa shape index (κ3) is 3.03. The summed E-state index contributed by atoms with van der Waals surface area (Å²) in [6.45, 7) is 2.31. The van der Waals surface area contributed by atoms with Gasteiger partial charge in [-0.05, 0) is 30.2 Å². The first kappa shape index (κ1) is 14.8. The van der Waals surface area contributed by atoms with Crippen LogP contribution in [0.3, 0.4) is 0 Å². The van der Waals surface area contributed by atoms with Crippen LogP contribution in [0.1, 0.15) is 31.2 Å². The van der Waals surface area contributed by atoms with E-state index in [4.69, 9.17) is 5.84 Å². The van der Waals surface area contributed by atoms with Gasteiger partial charge in [0.25, 0.3) is 0 Å². The standard InChI is InChI=1S/C16H24N2S2/c1-2-14-16(20-9-8-19-14)15(18-17)13-10-12(13)11-6-4-3-5-7-11/h3-7,12-16,18H,2,8-10,17H2,1H3. The first-order valence-corrected chi connectivity index (χ1v) is 9.69. The minimum absolute atomic E-state index is 0.461. The minimum atomic E-state index is 0.461. The maximum Gasteiger partial charge on any atom is 0.0374 e. The molecule has 3 N–H and O–H groups in total. The van der Waals surface area contributed by atoms with Crippen LogP contribution < -0.4 is 11.3 Å². The molecule has 1 aliphatic heterocycles. The quantitative estimate of drug-likeness (QED) is 0.647. The van der Waals surface area contributed by atoms with Gasteiger partial charge in [0.1, 0.15) is 0 Å². The van der Waals surface area contributed by atoms with Gasteiger partial charge in [-0.1, -0.05) is 37.3 Å². The van der Waals surface area contributed by atoms with Crippen LogP contribution in [-0.4, -0.2) is 28.0 Å². The Hall–Kier alpha value is -0.160. The highest BCUT2D eigenvalue weighted by Crippen LogP contribution is 2.52. The largest absolute Gasteiger partial charge is 0.271 e. The van der Waals surface area contributed by atoms with Crippen molar-refractivity contribution >= 4 is 23.5 Å². The molecular formula is C16H24N2S2. The molecule has 1 aliphatic carbocycles. The predicted octanol–water partition coefficient (Wildman–Crippen LogP) is 3.25. The second-order valence-electron chi connectivity index (χ2n) is 5.76. The molecule has 1 aromatic rings. The van der Waals surface area contributed by atoms with Gasteiger partial charge in [0.05, 0.1) is 0 Å². The highest BCUT2D eigenvalue weighted by molar-refractivity contribution is 8.07. The van der Waals surface area contributed by atoms with Gasteiger partial charge in [0.2, 0.25) is 0 Å². The summed E-state index contributed by atoms with van der Waals surface area (Å²) in [5.41, 5.74) is 4.65. The lowest BCUT2D eigenvalue weighted by atomic mass is 10.0. The minimum Gasteiger partial charge on any atom is -0.271 e. The monoisotopic (exact) mass is 308 g/mol. The van der Waals surface area contributed by atoms with Crippen LogP contribution in [0.25, 0.3) is 0 Å². The van der Waals surface area contributed by atoms with Crippen molar-refractivity contribution in [2.45, 2.75) is 42.2 Å². The highest BCUT2D eigenvalue weighted by atomic mass is 32.2. The van der Waals surface area contributed by atoms with Crippen molar-refractivity contribution in [3.63, 3.8) is 0 Å². The van der Waals surface area contributed by atoms with Crippen LogP contribution >= 0.6 is 23.5 Å². The fraction of sp³-hybridized carbons (Fsp3) is 0.625. The van der Waals surface area contributed by atoms with Crippen molar-refractivity contribution < 1.29 is 0 Å². The Morgan fingerprint density at radius 1 is 1.25 bits per heavy atom. The molecule has 1 saturated heterocycles. The van der Waals surface area contributed by atoms with E-state index in [1.165, 1.54) is 29.9 Å². The van der Waals surface area contributed by atoms with Crippen molar-refractivity contribution in [1.29, 1.82) is 0 Å². The number of hydrazine groups is 1. The van der Waals surface area contributed by atoms with Crippen molar-refractivity contribution in [1.82, 2.24) is 5.43 Å². The van der Waals surface area contributed by atoms with Gasteiger partial charge < -0.3 is 0 Å². The zero-order valence-corrected chi connectivity index (χ0v) is 13.6. The van der Waals surface area contributed by atoms with E-state index in [1.54, 1.807) is 0 Å². The van der Waals surface area contributed by atoms with E-state index in [0.29, 0.717) is 23.1 Å². The zero-order chi connectivity index (χ0) is 13.9. The van der Waals surface area contributed by atoms with Gasteiger partial charge in [-0.25, -0.2) is 0 Å². The molecule has 4 heteroatoms. The van der Waals surface area contributed by atoms with Crippen LogP contribution in [0.2, 0.25) is 0 Å². The molecular weight excluding hydrogens is 284 g/mol. The summed E-state index contributed by atoms with van der Waals surface area (Å²) in [5.74, 6) is 9.92. The van der Waals surface area contributed by atoms with Crippen LogP contribution in [0, 0.1) is 5.92 Å².